The average molecular weight is 233 g/mol. The van der Waals surface area contributed by atoms with E-state index in [1.807, 2.05) is 6.20 Å². The zero-order valence-corrected chi connectivity index (χ0v) is 7.99. The highest BCUT2D eigenvalue weighted by molar-refractivity contribution is 9.10. The summed E-state index contributed by atoms with van der Waals surface area (Å²) >= 11 is 3.28. The number of ether oxygens (including phenoxy) is 1. The van der Waals surface area contributed by atoms with Crippen molar-refractivity contribution in [2.24, 2.45) is 0 Å². The summed E-state index contributed by atoms with van der Waals surface area (Å²) in [6.07, 6.45) is 3.53. The van der Waals surface area contributed by atoms with Crippen LogP contribution in [0.5, 0.6) is 0 Å². The van der Waals surface area contributed by atoms with Gasteiger partial charge in [0.25, 0.3) is 0 Å². The molecule has 0 bridgehead atoms. The van der Waals surface area contributed by atoms with Gasteiger partial charge >= 0.3 is 0 Å². The van der Waals surface area contributed by atoms with Crippen molar-refractivity contribution in [2.45, 2.75) is 12.1 Å². The molecule has 4 nitrogen and oxygen atoms in total. The Morgan fingerprint density at radius 3 is 2.92 bits per heavy atom. The van der Waals surface area contributed by atoms with Gasteiger partial charge in [0, 0.05) is 6.20 Å². The SMILES string of the molecule is OC1(Cn2cc(Br)cn2)COC1. The van der Waals surface area contributed by atoms with Gasteiger partial charge in [-0.1, -0.05) is 0 Å². The van der Waals surface area contributed by atoms with E-state index in [4.69, 9.17) is 4.74 Å². The largest absolute Gasteiger partial charge is 0.383 e. The molecule has 12 heavy (non-hydrogen) atoms. The average Bonchev–Trinajstić information content (AvgIpc) is 2.32. The highest BCUT2D eigenvalue weighted by Gasteiger charge is 2.36. The first kappa shape index (κ1) is 8.22. The topological polar surface area (TPSA) is 47.3 Å². The number of rotatable bonds is 2. The molecular weight excluding hydrogens is 224 g/mol. The fourth-order valence-corrected chi connectivity index (χ4v) is 1.48. The maximum atomic E-state index is 9.67. The lowest BCUT2D eigenvalue weighted by Gasteiger charge is -2.35. The van der Waals surface area contributed by atoms with Gasteiger partial charge in [-0.05, 0) is 15.9 Å². The second-order valence-electron chi connectivity index (χ2n) is 3.07. The van der Waals surface area contributed by atoms with Crippen LogP contribution >= 0.6 is 15.9 Å². The molecule has 66 valence electrons. The van der Waals surface area contributed by atoms with Crippen molar-refractivity contribution in [1.29, 1.82) is 0 Å². The number of halogens is 1. The van der Waals surface area contributed by atoms with Gasteiger partial charge in [0.2, 0.25) is 0 Å². The molecule has 1 aliphatic rings. The van der Waals surface area contributed by atoms with Gasteiger partial charge in [0.1, 0.15) is 5.60 Å². The Bertz CT molecular complexity index is 283. The van der Waals surface area contributed by atoms with Crippen molar-refractivity contribution in [3.05, 3.63) is 16.9 Å². The Morgan fingerprint density at radius 2 is 2.50 bits per heavy atom. The minimum atomic E-state index is -0.703. The van der Waals surface area contributed by atoms with E-state index in [1.54, 1.807) is 10.9 Å². The minimum absolute atomic E-state index is 0.407. The predicted octanol–water partition coefficient (Wildman–Crippen LogP) is 0.407. The van der Waals surface area contributed by atoms with Crippen molar-refractivity contribution < 1.29 is 9.84 Å². The number of aliphatic hydroxyl groups is 1. The van der Waals surface area contributed by atoms with Crippen molar-refractivity contribution in [3.8, 4) is 0 Å². The predicted molar refractivity (Wildman–Crippen MR) is 45.7 cm³/mol. The number of hydrogen-bond donors (Lipinski definition) is 1. The maximum absolute atomic E-state index is 9.67. The molecule has 1 aliphatic heterocycles. The quantitative estimate of drug-likeness (QED) is 0.804. The van der Waals surface area contributed by atoms with Crippen LogP contribution < -0.4 is 0 Å². The Labute approximate surface area is 78.3 Å². The van der Waals surface area contributed by atoms with Gasteiger partial charge in [-0.3, -0.25) is 4.68 Å². The number of aromatic nitrogens is 2. The molecule has 5 heteroatoms. The summed E-state index contributed by atoms with van der Waals surface area (Å²) in [5.41, 5.74) is -0.703. The van der Waals surface area contributed by atoms with E-state index in [2.05, 4.69) is 21.0 Å². The van der Waals surface area contributed by atoms with Crippen molar-refractivity contribution in [2.75, 3.05) is 13.2 Å². The maximum Gasteiger partial charge on any atom is 0.131 e. The lowest BCUT2D eigenvalue weighted by atomic mass is 10.0. The van der Waals surface area contributed by atoms with Gasteiger partial charge in [-0.2, -0.15) is 5.10 Å². The van der Waals surface area contributed by atoms with Crippen LogP contribution in [-0.4, -0.2) is 33.7 Å². The molecule has 0 spiro atoms. The third-order valence-corrected chi connectivity index (χ3v) is 2.21. The van der Waals surface area contributed by atoms with Gasteiger partial charge in [0.15, 0.2) is 0 Å². The highest BCUT2D eigenvalue weighted by Crippen LogP contribution is 2.19. The molecule has 0 amide bonds. The summed E-state index contributed by atoms with van der Waals surface area (Å²) in [6, 6.07) is 0. The summed E-state index contributed by atoms with van der Waals surface area (Å²) in [7, 11) is 0. The first-order valence-electron chi connectivity index (χ1n) is 3.66. The van der Waals surface area contributed by atoms with Crippen LogP contribution in [0.2, 0.25) is 0 Å². The molecule has 1 saturated heterocycles. The highest BCUT2D eigenvalue weighted by atomic mass is 79.9. The summed E-state index contributed by atoms with van der Waals surface area (Å²) in [6.45, 7) is 1.31. The van der Waals surface area contributed by atoms with Gasteiger partial charge in [0.05, 0.1) is 30.4 Å². The molecule has 1 N–H and O–H groups in total. The first-order valence-corrected chi connectivity index (χ1v) is 4.45. The third-order valence-electron chi connectivity index (χ3n) is 1.80. The summed E-state index contributed by atoms with van der Waals surface area (Å²) < 4.78 is 7.54. The van der Waals surface area contributed by atoms with Crippen LogP contribution in [-0.2, 0) is 11.3 Å². The lowest BCUT2D eigenvalue weighted by Crippen LogP contribution is -2.52. The lowest BCUT2D eigenvalue weighted by molar-refractivity contribution is -0.186. The molecule has 0 aromatic carbocycles. The molecular formula is C7H9BrN2O2. The third kappa shape index (κ3) is 1.53. The fraction of sp³-hybridized carbons (Fsp3) is 0.571. The number of nitrogens with zero attached hydrogens (tertiary/aromatic N) is 2. The zero-order chi connectivity index (χ0) is 8.60. The summed E-state index contributed by atoms with van der Waals surface area (Å²) in [5.74, 6) is 0. The molecule has 0 aliphatic carbocycles. The van der Waals surface area contributed by atoms with E-state index in [1.165, 1.54) is 0 Å². The van der Waals surface area contributed by atoms with Gasteiger partial charge in [-0.25, -0.2) is 0 Å². The molecule has 0 atom stereocenters. The van der Waals surface area contributed by atoms with Crippen LogP contribution in [0.4, 0.5) is 0 Å². The van der Waals surface area contributed by atoms with E-state index in [0.717, 1.165) is 4.47 Å². The molecule has 2 heterocycles. The minimum Gasteiger partial charge on any atom is -0.383 e. The van der Waals surface area contributed by atoms with Crippen LogP contribution in [0.1, 0.15) is 0 Å². The molecule has 1 aromatic heterocycles. The number of hydrogen-bond acceptors (Lipinski definition) is 3. The van der Waals surface area contributed by atoms with Crippen LogP contribution in [0.25, 0.3) is 0 Å². The van der Waals surface area contributed by atoms with E-state index < -0.39 is 5.60 Å². The molecule has 1 aromatic rings. The molecule has 1 fully saturated rings. The second kappa shape index (κ2) is 2.83. The molecule has 0 saturated carbocycles. The fourth-order valence-electron chi connectivity index (χ4n) is 1.16. The van der Waals surface area contributed by atoms with Crippen molar-refractivity contribution >= 4 is 15.9 Å². The Kier molecular flexibility index (Phi) is 1.94. The van der Waals surface area contributed by atoms with E-state index >= 15 is 0 Å². The molecule has 0 radical (unpaired) electrons. The first-order chi connectivity index (χ1) is 5.68. The van der Waals surface area contributed by atoms with Gasteiger partial charge < -0.3 is 9.84 Å². The van der Waals surface area contributed by atoms with Crippen LogP contribution in [0, 0.1) is 0 Å². The standard InChI is InChI=1S/C7H9BrN2O2/c8-6-1-9-10(2-6)3-7(11)4-12-5-7/h1-2,11H,3-5H2. The van der Waals surface area contributed by atoms with Crippen LogP contribution in [0.3, 0.4) is 0 Å². The summed E-state index contributed by atoms with van der Waals surface area (Å²) in [4.78, 5) is 0. The van der Waals surface area contributed by atoms with Crippen molar-refractivity contribution in [3.63, 3.8) is 0 Å². The summed E-state index contributed by atoms with van der Waals surface area (Å²) in [5, 5.41) is 13.7. The molecule has 2 rings (SSSR count). The van der Waals surface area contributed by atoms with E-state index in [0.29, 0.717) is 19.8 Å². The van der Waals surface area contributed by atoms with Gasteiger partial charge in [-0.15, -0.1) is 0 Å². The zero-order valence-electron chi connectivity index (χ0n) is 6.40. The van der Waals surface area contributed by atoms with Crippen LogP contribution in [0.15, 0.2) is 16.9 Å². The molecule has 0 unspecified atom stereocenters. The Morgan fingerprint density at radius 1 is 1.75 bits per heavy atom. The van der Waals surface area contributed by atoms with E-state index in [-0.39, 0.29) is 0 Å². The van der Waals surface area contributed by atoms with Crippen molar-refractivity contribution in [1.82, 2.24) is 9.78 Å². The van der Waals surface area contributed by atoms with E-state index in [9.17, 15) is 5.11 Å². The normalized spacial score (nSPS) is 20.5. The second-order valence-corrected chi connectivity index (χ2v) is 3.99. The monoisotopic (exact) mass is 232 g/mol. The Balaban J connectivity index is 2.03. The smallest absolute Gasteiger partial charge is 0.131 e. The Hall–Kier alpha value is -0.390.